The lowest BCUT2D eigenvalue weighted by Gasteiger charge is -2.12. The maximum absolute atomic E-state index is 11.3. The van der Waals surface area contributed by atoms with Gasteiger partial charge in [0.1, 0.15) is 0 Å². The fourth-order valence-corrected chi connectivity index (χ4v) is 2.28. The number of sulfonamides is 1. The molecule has 106 valence electrons. The van der Waals surface area contributed by atoms with Crippen LogP contribution in [-0.2, 0) is 16.6 Å². The molecule has 1 aromatic carbocycles. The summed E-state index contributed by atoms with van der Waals surface area (Å²) in [4.78, 5) is 4.07. The van der Waals surface area contributed by atoms with Crippen molar-refractivity contribution in [2.24, 2.45) is 5.14 Å². The molecule has 0 aliphatic heterocycles. The number of nitrogen functional groups attached to an aromatic ring is 1. The maximum Gasteiger partial charge on any atom is 0.238 e. The van der Waals surface area contributed by atoms with E-state index in [0.717, 1.165) is 11.1 Å². The van der Waals surface area contributed by atoms with Crippen LogP contribution in [0.3, 0.4) is 0 Å². The van der Waals surface area contributed by atoms with Gasteiger partial charge in [0.15, 0.2) is 0 Å². The quantitative estimate of drug-likeness (QED) is 0.734. The van der Waals surface area contributed by atoms with Gasteiger partial charge in [-0.25, -0.2) is 13.6 Å². The van der Waals surface area contributed by atoms with Crippen LogP contribution >= 0.6 is 0 Å². The highest BCUT2D eigenvalue weighted by atomic mass is 32.2. The molecule has 1 aromatic heterocycles. The number of nitrogens with zero attached hydrogens (tertiary/aromatic N) is 1. The van der Waals surface area contributed by atoms with Crippen molar-refractivity contribution in [3.63, 3.8) is 0 Å². The van der Waals surface area contributed by atoms with E-state index < -0.39 is 10.0 Å². The predicted octanol–water partition coefficient (Wildman–Crippen LogP) is 1.23. The Balaban J connectivity index is 2.24. The molecule has 0 radical (unpaired) electrons. The van der Waals surface area contributed by atoms with Crippen LogP contribution in [0, 0.1) is 6.92 Å². The summed E-state index contributed by atoms with van der Waals surface area (Å²) in [5.41, 5.74) is 8.90. The zero-order valence-corrected chi connectivity index (χ0v) is 11.8. The first kappa shape index (κ1) is 14.3. The van der Waals surface area contributed by atoms with Gasteiger partial charge in [-0.2, -0.15) is 0 Å². The number of hydrogen-bond donors (Lipinski definition) is 3. The number of hydrogen-bond acceptors (Lipinski definition) is 5. The van der Waals surface area contributed by atoms with Gasteiger partial charge >= 0.3 is 0 Å². The number of nitrogens with two attached hydrogens (primary N) is 2. The number of aromatic nitrogens is 1. The van der Waals surface area contributed by atoms with Crippen LogP contribution in [0.5, 0.6) is 0 Å². The molecule has 7 heteroatoms. The van der Waals surface area contributed by atoms with Crippen LogP contribution in [0.4, 0.5) is 11.4 Å². The SMILES string of the molecule is Cc1ccncc1CNc1cc(S(N)(=O)=O)ccc1N. The number of rotatable bonds is 4. The fraction of sp³-hybridized carbons (Fsp3) is 0.154. The summed E-state index contributed by atoms with van der Waals surface area (Å²) in [5.74, 6) is 0. The zero-order valence-electron chi connectivity index (χ0n) is 11.0. The average Bonchev–Trinajstić information content (AvgIpc) is 2.38. The van der Waals surface area contributed by atoms with Crippen molar-refractivity contribution in [2.45, 2.75) is 18.4 Å². The summed E-state index contributed by atoms with van der Waals surface area (Å²) in [6.07, 6.45) is 3.47. The first-order chi connectivity index (χ1) is 9.38. The largest absolute Gasteiger partial charge is 0.397 e. The molecule has 0 saturated carbocycles. The third-order valence-electron chi connectivity index (χ3n) is 2.97. The van der Waals surface area contributed by atoms with E-state index in [1.165, 1.54) is 18.2 Å². The Kier molecular flexibility index (Phi) is 3.91. The molecule has 0 bridgehead atoms. The van der Waals surface area contributed by atoms with Gasteiger partial charge in [0, 0.05) is 18.9 Å². The van der Waals surface area contributed by atoms with E-state index in [2.05, 4.69) is 10.3 Å². The van der Waals surface area contributed by atoms with Crippen LogP contribution < -0.4 is 16.2 Å². The molecule has 2 aromatic rings. The second-order valence-electron chi connectivity index (χ2n) is 4.45. The minimum absolute atomic E-state index is 0.0251. The number of primary sulfonamides is 1. The Morgan fingerprint density at radius 1 is 1.30 bits per heavy atom. The first-order valence-electron chi connectivity index (χ1n) is 5.93. The van der Waals surface area contributed by atoms with Gasteiger partial charge < -0.3 is 11.1 Å². The van der Waals surface area contributed by atoms with Gasteiger partial charge in [-0.05, 0) is 42.3 Å². The predicted molar refractivity (Wildman–Crippen MR) is 78.5 cm³/mol. The molecule has 0 aliphatic carbocycles. The standard InChI is InChI=1S/C13H16N4O2S/c1-9-4-5-16-7-10(9)8-17-13-6-11(20(15,18)19)2-3-12(13)14/h2-7,17H,8,14H2,1H3,(H2,15,18,19). The Hall–Kier alpha value is -2.12. The second-order valence-corrected chi connectivity index (χ2v) is 6.01. The lowest BCUT2D eigenvalue weighted by atomic mass is 10.1. The van der Waals surface area contributed by atoms with Crippen molar-refractivity contribution >= 4 is 21.4 Å². The van der Waals surface area contributed by atoms with Crippen molar-refractivity contribution in [1.82, 2.24) is 4.98 Å². The number of anilines is 2. The van der Waals surface area contributed by atoms with Gasteiger partial charge in [-0.15, -0.1) is 0 Å². The lowest BCUT2D eigenvalue weighted by molar-refractivity contribution is 0.598. The fourth-order valence-electron chi connectivity index (χ4n) is 1.74. The van der Waals surface area contributed by atoms with Crippen molar-refractivity contribution in [3.05, 3.63) is 47.8 Å². The van der Waals surface area contributed by atoms with Crippen molar-refractivity contribution in [1.29, 1.82) is 0 Å². The third-order valence-corrected chi connectivity index (χ3v) is 3.88. The number of pyridine rings is 1. The number of nitrogens with one attached hydrogen (secondary N) is 1. The molecule has 0 atom stereocenters. The number of benzene rings is 1. The summed E-state index contributed by atoms with van der Waals surface area (Å²) in [6.45, 7) is 2.47. The average molecular weight is 292 g/mol. The van der Waals surface area contributed by atoms with E-state index in [9.17, 15) is 8.42 Å². The van der Waals surface area contributed by atoms with Crippen LogP contribution in [0.1, 0.15) is 11.1 Å². The van der Waals surface area contributed by atoms with Crippen LogP contribution in [-0.4, -0.2) is 13.4 Å². The first-order valence-corrected chi connectivity index (χ1v) is 7.48. The molecule has 2 rings (SSSR count). The van der Waals surface area contributed by atoms with E-state index >= 15 is 0 Å². The van der Waals surface area contributed by atoms with Crippen LogP contribution in [0.15, 0.2) is 41.6 Å². The van der Waals surface area contributed by atoms with Crippen molar-refractivity contribution in [2.75, 3.05) is 11.1 Å². The maximum atomic E-state index is 11.3. The molecule has 20 heavy (non-hydrogen) atoms. The molecular formula is C13H16N4O2S. The summed E-state index contributed by atoms with van der Waals surface area (Å²) in [7, 11) is -3.74. The number of aryl methyl sites for hydroxylation is 1. The Morgan fingerprint density at radius 2 is 2.05 bits per heavy atom. The highest BCUT2D eigenvalue weighted by Gasteiger charge is 2.10. The van der Waals surface area contributed by atoms with Gasteiger partial charge in [-0.1, -0.05) is 0 Å². The van der Waals surface area contributed by atoms with E-state index in [-0.39, 0.29) is 4.90 Å². The van der Waals surface area contributed by atoms with Crippen molar-refractivity contribution in [3.8, 4) is 0 Å². The summed E-state index contributed by atoms with van der Waals surface area (Å²) >= 11 is 0. The molecule has 0 unspecified atom stereocenters. The van der Waals surface area contributed by atoms with E-state index in [1.54, 1.807) is 12.4 Å². The van der Waals surface area contributed by atoms with Crippen LogP contribution in [0.25, 0.3) is 0 Å². The van der Waals surface area contributed by atoms with E-state index in [4.69, 9.17) is 10.9 Å². The third kappa shape index (κ3) is 3.25. The van der Waals surface area contributed by atoms with Crippen LogP contribution in [0.2, 0.25) is 0 Å². The molecule has 0 saturated heterocycles. The Labute approximate surface area is 117 Å². The molecule has 0 aliphatic rings. The normalized spacial score (nSPS) is 11.3. The smallest absolute Gasteiger partial charge is 0.238 e. The molecule has 0 spiro atoms. The Morgan fingerprint density at radius 3 is 2.70 bits per heavy atom. The highest BCUT2D eigenvalue weighted by Crippen LogP contribution is 2.23. The second kappa shape index (κ2) is 5.48. The van der Waals surface area contributed by atoms with Gasteiger partial charge in [0.05, 0.1) is 16.3 Å². The van der Waals surface area contributed by atoms with E-state index in [0.29, 0.717) is 17.9 Å². The minimum atomic E-state index is -3.74. The molecule has 0 fully saturated rings. The summed E-state index contributed by atoms with van der Waals surface area (Å²) in [5, 5.41) is 8.20. The monoisotopic (exact) mass is 292 g/mol. The highest BCUT2D eigenvalue weighted by molar-refractivity contribution is 7.89. The minimum Gasteiger partial charge on any atom is -0.397 e. The van der Waals surface area contributed by atoms with Gasteiger partial charge in [0.2, 0.25) is 10.0 Å². The summed E-state index contributed by atoms with van der Waals surface area (Å²) < 4.78 is 22.6. The van der Waals surface area contributed by atoms with Gasteiger partial charge in [0.25, 0.3) is 0 Å². The molecule has 5 N–H and O–H groups in total. The topological polar surface area (TPSA) is 111 Å². The van der Waals surface area contributed by atoms with Crippen molar-refractivity contribution < 1.29 is 8.42 Å². The molecule has 1 heterocycles. The summed E-state index contributed by atoms with van der Waals surface area (Å²) in [6, 6.07) is 6.22. The lowest BCUT2D eigenvalue weighted by Crippen LogP contribution is -2.13. The molecule has 0 amide bonds. The molecule has 6 nitrogen and oxygen atoms in total. The zero-order chi connectivity index (χ0) is 14.8. The van der Waals surface area contributed by atoms with E-state index in [1.807, 2.05) is 13.0 Å². The molecular weight excluding hydrogens is 276 g/mol. The Bertz CT molecular complexity index is 729. The van der Waals surface area contributed by atoms with Gasteiger partial charge in [-0.3, -0.25) is 4.98 Å².